The summed E-state index contributed by atoms with van der Waals surface area (Å²) in [5, 5.41) is 17.6. The second-order valence-corrected chi connectivity index (χ2v) is 12.5. The van der Waals surface area contributed by atoms with Crippen molar-refractivity contribution >= 4 is 21.2 Å². The van der Waals surface area contributed by atoms with E-state index < -0.39 is 32.8 Å². The lowest BCUT2D eigenvalue weighted by atomic mass is 9.85. The molecule has 0 amide bonds. The van der Waals surface area contributed by atoms with Crippen LogP contribution in [0, 0.1) is 0 Å². The highest BCUT2D eigenvalue weighted by Crippen LogP contribution is 2.40. The van der Waals surface area contributed by atoms with Crippen molar-refractivity contribution in [2.75, 3.05) is 31.7 Å². The number of rotatable bonds is 17. The van der Waals surface area contributed by atoms with Crippen LogP contribution in [0.3, 0.4) is 0 Å². The van der Waals surface area contributed by atoms with Crippen molar-refractivity contribution in [2.24, 2.45) is 0 Å². The van der Waals surface area contributed by atoms with Crippen molar-refractivity contribution in [3.05, 3.63) is 29.8 Å². The quantitative estimate of drug-likeness (QED) is 0.0945. The Morgan fingerprint density at radius 2 is 1.77 bits per heavy atom. The van der Waals surface area contributed by atoms with E-state index in [4.69, 9.17) is 13.8 Å². The Kier molecular flexibility index (Phi) is 21.0. The van der Waals surface area contributed by atoms with Crippen molar-refractivity contribution in [3.63, 3.8) is 0 Å². The maximum Gasteiger partial charge on any atom is 0.264 e. The largest absolute Gasteiger partial charge is 0.497 e. The van der Waals surface area contributed by atoms with Gasteiger partial charge in [-0.05, 0) is 69.8 Å². The van der Waals surface area contributed by atoms with E-state index >= 15 is 0 Å². The van der Waals surface area contributed by atoms with Gasteiger partial charge in [0.25, 0.3) is 10.1 Å². The van der Waals surface area contributed by atoms with Gasteiger partial charge in [-0.2, -0.15) is 8.42 Å². The topological polar surface area (TPSA) is 145 Å². The first kappa shape index (κ1) is 37.9. The third-order valence-corrected chi connectivity index (χ3v) is 8.16. The Morgan fingerprint density at radius 1 is 1.10 bits per heavy atom. The molecule has 1 aromatic rings. The minimum atomic E-state index is -3.94. The molecule has 1 aromatic carbocycles. The number of unbranched alkanes of at least 4 members (excludes halogenated alkanes) is 2. The molecule has 2 rings (SSSR count). The van der Waals surface area contributed by atoms with Gasteiger partial charge in [0.05, 0.1) is 24.7 Å². The Morgan fingerprint density at radius 3 is 2.33 bits per heavy atom. The van der Waals surface area contributed by atoms with Gasteiger partial charge in [-0.25, -0.2) is 4.21 Å². The molecule has 0 bridgehead atoms. The second-order valence-electron chi connectivity index (χ2n) is 9.84. The van der Waals surface area contributed by atoms with E-state index in [0.717, 1.165) is 44.2 Å². The summed E-state index contributed by atoms with van der Waals surface area (Å²) < 4.78 is 54.5. The first-order valence-electron chi connectivity index (χ1n) is 14.4. The lowest BCUT2D eigenvalue weighted by Gasteiger charge is -2.36. The average Bonchev–Trinajstić information content (AvgIpc) is 3.40. The van der Waals surface area contributed by atoms with Crippen LogP contribution >= 0.6 is 0 Å². The number of aliphatic hydroxyl groups is 1. The molecule has 230 valence electrons. The summed E-state index contributed by atoms with van der Waals surface area (Å²) in [5.74, 6) is 0.807. The van der Waals surface area contributed by atoms with Gasteiger partial charge in [0.15, 0.2) is 11.1 Å². The Labute approximate surface area is 239 Å². The SMILES string of the molecule is CC.CCCCC[C@H](C)NCCCS(=O)O.COc1cccc(C(O)C2(NCCCS(=O)(=O)O)CCCC2)c1. The lowest BCUT2D eigenvalue weighted by molar-refractivity contribution is 0.0614. The predicted octanol–water partition coefficient (Wildman–Crippen LogP) is 5.09. The molecule has 11 heteroatoms. The average molecular weight is 595 g/mol. The van der Waals surface area contributed by atoms with E-state index in [1.54, 1.807) is 7.11 Å². The highest BCUT2D eigenvalue weighted by Gasteiger charge is 2.40. The highest BCUT2D eigenvalue weighted by atomic mass is 32.2. The summed E-state index contributed by atoms with van der Waals surface area (Å²) in [4.78, 5) is 0. The van der Waals surface area contributed by atoms with E-state index in [1.165, 1.54) is 25.7 Å². The van der Waals surface area contributed by atoms with Gasteiger partial charge in [0, 0.05) is 11.6 Å². The Balaban J connectivity index is 0.000000778. The number of hydrogen-bond donors (Lipinski definition) is 5. The van der Waals surface area contributed by atoms with Gasteiger partial charge in [-0.1, -0.05) is 65.0 Å². The summed E-state index contributed by atoms with van der Waals surface area (Å²) >= 11 is -1.63. The minimum absolute atomic E-state index is 0.272. The number of aliphatic hydroxyl groups excluding tert-OH is 1. The summed E-state index contributed by atoms with van der Waals surface area (Å²) in [6.45, 7) is 9.65. The Hall–Kier alpha value is -1.08. The number of benzene rings is 1. The van der Waals surface area contributed by atoms with Crippen LogP contribution in [0.15, 0.2) is 24.3 Å². The summed E-state index contributed by atoms with van der Waals surface area (Å²) in [7, 11) is -2.35. The molecule has 1 aliphatic rings. The predicted molar refractivity (Wildman–Crippen MR) is 161 cm³/mol. The molecule has 9 nitrogen and oxygen atoms in total. The molecule has 0 radical (unpaired) electrons. The fraction of sp³-hybridized carbons (Fsp3) is 0.786. The number of nitrogens with one attached hydrogen (secondary N) is 2. The second kappa shape index (κ2) is 21.6. The maximum atomic E-state index is 10.9. The van der Waals surface area contributed by atoms with Crippen molar-refractivity contribution < 1.29 is 31.6 Å². The summed E-state index contributed by atoms with van der Waals surface area (Å²) in [6.07, 6.45) is 9.14. The molecule has 0 spiro atoms. The zero-order chi connectivity index (χ0) is 29.7. The van der Waals surface area contributed by atoms with E-state index in [0.29, 0.717) is 30.5 Å². The normalized spacial score (nSPS) is 16.7. The van der Waals surface area contributed by atoms with Crippen LogP contribution in [0.4, 0.5) is 0 Å². The molecule has 0 heterocycles. The van der Waals surface area contributed by atoms with Crippen molar-refractivity contribution in [3.8, 4) is 5.75 Å². The van der Waals surface area contributed by atoms with Crippen molar-refractivity contribution in [1.82, 2.24) is 10.6 Å². The molecule has 0 aromatic heterocycles. The lowest BCUT2D eigenvalue weighted by Crippen LogP contribution is -2.48. The third-order valence-electron chi connectivity index (χ3n) is 6.71. The highest BCUT2D eigenvalue weighted by molar-refractivity contribution is 7.85. The molecule has 2 unspecified atom stereocenters. The molecular formula is C28H54N2O7S2. The first-order valence-corrected chi connectivity index (χ1v) is 17.2. The Bertz CT molecular complexity index is 878. The van der Waals surface area contributed by atoms with Gasteiger partial charge >= 0.3 is 0 Å². The number of hydrogen-bond acceptors (Lipinski definition) is 7. The van der Waals surface area contributed by atoms with Crippen LogP contribution in [0.1, 0.15) is 104 Å². The zero-order valence-electron chi connectivity index (χ0n) is 24.7. The van der Waals surface area contributed by atoms with E-state index in [-0.39, 0.29) is 5.75 Å². The third kappa shape index (κ3) is 17.4. The molecule has 5 N–H and O–H groups in total. The van der Waals surface area contributed by atoms with Crippen LogP contribution < -0.4 is 15.4 Å². The van der Waals surface area contributed by atoms with Crippen LogP contribution in [-0.4, -0.2) is 70.1 Å². The monoisotopic (exact) mass is 594 g/mol. The number of methoxy groups -OCH3 is 1. The van der Waals surface area contributed by atoms with E-state index in [2.05, 4.69) is 24.5 Å². The van der Waals surface area contributed by atoms with E-state index in [9.17, 15) is 17.7 Å². The van der Waals surface area contributed by atoms with Crippen LogP contribution in [0.2, 0.25) is 0 Å². The summed E-state index contributed by atoms with van der Waals surface area (Å²) in [6, 6.07) is 7.90. The zero-order valence-corrected chi connectivity index (χ0v) is 26.3. The van der Waals surface area contributed by atoms with Gasteiger partial charge < -0.3 is 25.0 Å². The van der Waals surface area contributed by atoms with Crippen molar-refractivity contribution in [1.29, 1.82) is 0 Å². The van der Waals surface area contributed by atoms with Gasteiger partial charge in [-0.3, -0.25) is 4.55 Å². The molecule has 0 saturated heterocycles. The van der Waals surface area contributed by atoms with Crippen LogP contribution in [0.25, 0.3) is 0 Å². The smallest absolute Gasteiger partial charge is 0.264 e. The van der Waals surface area contributed by atoms with Crippen LogP contribution in [0.5, 0.6) is 5.75 Å². The van der Waals surface area contributed by atoms with Gasteiger partial charge in [0.1, 0.15) is 5.75 Å². The number of ether oxygens (including phenoxy) is 1. The van der Waals surface area contributed by atoms with Crippen molar-refractivity contribution in [2.45, 2.75) is 110 Å². The molecule has 1 fully saturated rings. The molecule has 39 heavy (non-hydrogen) atoms. The first-order chi connectivity index (χ1) is 18.5. The molecule has 0 aliphatic heterocycles. The molecular weight excluding hydrogens is 540 g/mol. The van der Waals surface area contributed by atoms with E-state index in [1.807, 2.05) is 38.1 Å². The van der Waals surface area contributed by atoms with Gasteiger partial charge in [0.2, 0.25) is 0 Å². The standard InChI is InChI=1S/C16H25NO5S.C10H23NO2S.C2H6/c1-22-14-7-4-6-13(12-14)15(18)16(8-2-3-9-16)17-10-5-11-23(19,20)21;1-3-4-5-7-10(2)11-8-6-9-14(12)13;1-2/h4,6-7,12,15,17-18H,2-3,5,8-11H2,1H3,(H,19,20,21);10-11H,3-9H2,1-2H3,(H,12,13);1-2H3/t;10-;/m.0./s1. The molecule has 1 saturated carbocycles. The fourth-order valence-corrected chi connectivity index (χ4v) is 5.52. The molecule has 1 aliphatic carbocycles. The summed E-state index contributed by atoms with van der Waals surface area (Å²) in [5.41, 5.74) is 0.333. The van der Waals surface area contributed by atoms with Gasteiger partial charge in [-0.15, -0.1) is 0 Å². The molecule has 3 atom stereocenters. The fourth-order valence-electron chi connectivity index (χ4n) is 4.62. The minimum Gasteiger partial charge on any atom is -0.497 e. The van der Waals surface area contributed by atoms with Crippen LogP contribution in [-0.2, 0) is 21.2 Å². The maximum absolute atomic E-state index is 10.9.